The molecular weight excluding hydrogens is 276 g/mol. The van der Waals surface area contributed by atoms with Gasteiger partial charge in [0.05, 0.1) is 6.54 Å². The molecule has 0 fully saturated rings. The van der Waals surface area contributed by atoms with Crippen LogP contribution in [-0.4, -0.2) is 19.9 Å². The zero-order chi connectivity index (χ0) is 13.2. The van der Waals surface area contributed by atoms with Crippen molar-refractivity contribution in [2.45, 2.75) is 25.5 Å². The van der Waals surface area contributed by atoms with Gasteiger partial charge in [0.25, 0.3) is 0 Å². The lowest BCUT2D eigenvalue weighted by Crippen LogP contribution is -2.32. The second-order valence-electron chi connectivity index (χ2n) is 4.10. The number of aromatic nitrogens is 3. The van der Waals surface area contributed by atoms with Gasteiger partial charge in [-0.05, 0) is 12.5 Å². The van der Waals surface area contributed by atoms with Crippen molar-refractivity contribution in [2.75, 3.05) is 0 Å². The van der Waals surface area contributed by atoms with Crippen molar-refractivity contribution in [2.24, 2.45) is 0 Å². The molecule has 1 heterocycles. The summed E-state index contributed by atoms with van der Waals surface area (Å²) in [6.07, 6.45) is 3.04. The van der Waals surface area contributed by atoms with Gasteiger partial charge in [-0.25, -0.2) is 18.4 Å². The molecule has 2 aromatic rings. The lowest BCUT2D eigenvalue weighted by Gasteiger charge is -2.27. The lowest BCUT2D eigenvalue weighted by atomic mass is 9.90. The van der Waals surface area contributed by atoms with Crippen LogP contribution in [0.1, 0.15) is 18.9 Å². The quantitative estimate of drug-likeness (QED) is 0.939. The van der Waals surface area contributed by atoms with E-state index >= 15 is 0 Å². The van der Waals surface area contributed by atoms with Crippen molar-refractivity contribution in [3.63, 3.8) is 0 Å². The van der Waals surface area contributed by atoms with E-state index in [2.05, 4.69) is 10.1 Å². The Morgan fingerprint density at radius 1 is 1.37 bits per heavy atom. The summed E-state index contributed by atoms with van der Waals surface area (Å²) in [6.45, 7) is 1.78. The van der Waals surface area contributed by atoms with Crippen molar-refractivity contribution >= 4 is 12.4 Å². The van der Waals surface area contributed by atoms with Crippen LogP contribution < -0.4 is 0 Å². The summed E-state index contributed by atoms with van der Waals surface area (Å²) in [7, 11) is 0. The van der Waals surface area contributed by atoms with E-state index in [4.69, 9.17) is 0 Å². The van der Waals surface area contributed by atoms with E-state index in [0.717, 1.165) is 12.1 Å². The average molecular weight is 290 g/mol. The molecule has 19 heavy (non-hydrogen) atoms. The largest absolute Gasteiger partial charge is 0.383 e. The molecule has 2 rings (SSSR count). The van der Waals surface area contributed by atoms with Crippen LogP contribution in [0, 0.1) is 11.6 Å². The van der Waals surface area contributed by atoms with Gasteiger partial charge in [-0.15, -0.1) is 12.4 Å². The maximum Gasteiger partial charge on any atom is 0.137 e. The molecule has 0 aliphatic rings. The van der Waals surface area contributed by atoms with E-state index in [9.17, 15) is 13.9 Å². The highest BCUT2D eigenvalue weighted by molar-refractivity contribution is 5.85. The van der Waals surface area contributed by atoms with Crippen LogP contribution in [-0.2, 0) is 12.1 Å². The SMILES string of the molecule is CCC(O)(Cn1cncn1)c1ccc(F)cc1F.Cl. The van der Waals surface area contributed by atoms with Crippen LogP contribution in [0.5, 0.6) is 0 Å². The zero-order valence-corrected chi connectivity index (χ0v) is 11.1. The Kier molecular flexibility index (Phi) is 4.97. The van der Waals surface area contributed by atoms with E-state index in [1.165, 1.54) is 23.4 Å². The van der Waals surface area contributed by atoms with Crippen LogP contribution in [0.4, 0.5) is 8.78 Å². The van der Waals surface area contributed by atoms with Crippen LogP contribution in [0.25, 0.3) is 0 Å². The van der Waals surface area contributed by atoms with Crippen LogP contribution in [0.2, 0.25) is 0 Å². The molecule has 1 aromatic heterocycles. The molecule has 0 spiro atoms. The highest BCUT2D eigenvalue weighted by Crippen LogP contribution is 2.29. The minimum absolute atomic E-state index is 0. The molecule has 1 atom stereocenters. The van der Waals surface area contributed by atoms with E-state index in [-0.39, 0.29) is 30.9 Å². The number of halogens is 3. The van der Waals surface area contributed by atoms with Crippen molar-refractivity contribution in [1.82, 2.24) is 14.8 Å². The average Bonchev–Trinajstić information content (AvgIpc) is 2.81. The normalized spacial score (nSPS) is 13.7. The van der Waals surface area contributed by atoms with E-state index in [1.54, 1.807) is 6.92 Å². The molecule has 0 aliphatic heterocycles. The summed E-state index contributed by atoms with van der Waals surface area (Å²) in [5, 5.41) is 14.4. The number of benzene rings is 1. The number of rotatable bonds is 4. The van der Waals surface area contributed by atoms with Gasteiger partial charge >= 0.3 is 0 Å². The Morgan fingerprint density at radius 2 is 2.11 bits per heavy atom. The van der Waals surface area contributed by atoms with Gasteiger partial charge in [-0.2, -0.15) is 5.10 Å². The Hall–Kier alpha value is -1.53. The standard InChI is InChI=1S/C12H13F2N3O.ClH/c1-2-12(18,6-17-8-15-7-16-17)10-4-3-9(13)5-11(10)14;/h3-5,7-8,18H,2,6H2,1H3;1H. The Morgan fingerprint density at radius 3 is 2.63 bits per heavy atom. The smallest absolute Gasteiger partial charge is 0.137 e. The third kappa shape index (κ3) is 3.27. The predicted molar refractivity (Wildman–Crippen MR) is 67.8 cm³/mol. The van der Waals surface area contributed by atoms with Gasteiger partial charge in [0.2, 0.25) is 0 Å². The molecule has 0 saturated heterocycles. The van der Waals surface area contributed by atoms with Gasteiger partial charge in [0.15, 0.2) is 0 Å². The number of hydrogen-bond acceptors (Lipinski definition) is 3. The Balaban J connectivity index is 0.00000180. The molecule has 7 heteroatoms. The minimum atomic E-state index is -1.44. The van der Waals surface area contributed by atoms with E-state index in [1.807, 2.05) is 0 Å². The second-order valence-corrected chi connectivity index (χ2v) is 4.10. The molecule has 0 bridgehead atoms. The van der Waals surface area contributed by atoms with Crippen LogP contribution >= 0.6 is 12.4 Å². The molecule has 4 nitrogen and oxygen atoms in total. The first-order chi connectivity index (χ1) is 8.55. The first kappa shape index (κ1) is 15.5. The highest BCUT2D eigenvalue weighted by atomic mass is 35.5. The summed E-state index contributed by atoms with van der Waals surface area (Å²) >= 11 is 0. The molecule has 1 aromatic carbocycles. The van der Waals surface area contributed by atoms with Gasteiger partial charge < -0.3 is 5.11 Å². The molecule has 0 saturated carbocycles. The van der Waals surface area contributed by atoms with Crippen LogP contribution in [0.3, 0.4) is 0 Å². The monoisotopic (exact) mass is 289 g/mol. The minimum Gasteiger partial charge on any atom is -0.383 e. The predicted octanol–water partition coefficient (Wildman–Crippen LogP) is 2.28. The van der Waals surface area contributed by atoms with Gasteiger partial charge in [0, 0.05) is 11.6 Å². The summed E-state index contributed by atoms with van der Waals surface area (Å²) in [5.41, 5.74) is -1.38. The Bertz CT molecular complexity index is 536. The molecular formula is C12H14ClF2N3O. The van der Waals surface area contributed by atoms with Gasteiger partial charge in [0.1, 0.15) is 29.9 Å². The molecule has 1 unspecified atom stereocenters. The van der Waals surface area contributed by atoms with E-state index in [0.29, 0.717) is 0 Å². The maximum atomic E-state index is 13.7. The number of aliphatic hydroxyl groups is 1. The summed E-state index contributed by atoms with van der Waals surface area (Å²) < 4.78 is 28.0. The highest BCUT2D eigenvalue weighted by Gasteiger charge is 2.31. The fraction of sp³-hybridized carbons (Fsp3) is 0.333. The van der Waals surface area contributed by atoms with Gasteiger partial charge in [-0.1, -0.05) is 13.0 Å². The molecule has 104 valence electrons. The number of nitrogens with zero attached hydrogens (tertiary/aromatic N) is 3. The second kappa shape index (κ2) is 6.08. The van der Waals surface area contributed by atoms with Crippen molar-refractivity contribution < 1.29 is 13.9 Å². The van der Waals surface area contributed by atoms with Gasteiger partial charge in [-0.3, -0.25) is 0 Å². The summed E-state index contributed by atoms with van der Waals surface area (Å²) in [5.74, 6) is -1.44. The van der Waals surface area contributed by atoms with E-state index < -0.39 is 17.2 Å². The molecule has 0 aliphatic carbocycles. The first-order valence-corrected chi connectivity index (χ1v) is 5.55. The van der Waals surface area contributed by atoms with Crippen molar-refractivity contribution in [1.29, 1.82) is 0 Å². The van der Waals surface area contributed by atoms with Crippen molar-refractivity contribution in [3.8, 4) is 0 Å². The van der Waals surface area contributed by atoms with Crippen LogP contribution in [0.15, 0.2) is 30.9 Å². The fourth-order valence-electron chi connectivity index (χ4n) is 1.84. The Labute approximate surface area is 115 Å². The molecule has 0 radical (unpaired) electrons. The number of hydrogen-bond donors (Lipinski definition) is 1. The molecule has 0 amide bonds. The summed E-state index contributed by atoms with van der Waals surface area (Å²) in [6, 6.07) is 3.14. The summed E-state index contributed by atoms with van der Waals surface area (Å²) in [4.78, 5) is 3.76. The third-order valence-electron chi connectivity index (χ3n) is 2.91. The molecule has 1 N–H and O–H groups in total. The fourth-order valence-corrected chi connectivity index (χ4v) is 1.84. The third-order valence-corrected chi connectivity index (χ3v) is 2.91. The topological polar surface area (TPSA) is 50.9 Å². The zero-order valence-electron chi connectivity index (χ0n) is 10.3. The maximum absolute atomic E-state index is 13.7. The first-order valence-electron chi connectivity index (χ1n) is 5.55. The van der Waals surface area contributed by atoms with Crippen molar-refractivity contribution in [3.05, 3.63) is 48.1 Å². The lowest BCUT2D eigenvalue weighted by molar-refractivity contribution is 0.00757.